The molecule has 0 heterocycles. The number of benzene rings is 2. The zero-order valence-corrected chi connectivity index (χ0v) is 14.9. The number of anilines is 1. The molecule has 0 bridgehead atoms. The number of amides is 2. The molecule has 2 amide bonds. The van der Waals surface area contributed by atoms with Crippen LogP contribution in [0.25, 0.3) is 0 Å². The number of carbonyl (C=O) groups is 2. The van der Waals surface area contributed by atoms with Crippen LogP contribution in [-0.4, -0.2) is 32.1 Å². The highest BCUT2D eigenvalue weighted by molar-refractivity contribution is 5.99. The van der Waals surface area contributed by atoms with Crippen molar-refractivity contribution >= 4 is 17.5 Å². The van der Waals surface area contributed by atoms with Crippen molar-refractivity contribution in [2.75, 3.05) is 25.6 Å². The molecule has 0 radical (unpaired) electrons. The van der Waals surface area contributed by atoms with Crippen molar-refractivity contribution in [1.82, 2.24) is 5.32 Å². The smallest absolute Gasteiger partial charge is 0.228 e. The average Bonchev–Trinajstić information content (AvgIpc) is 3.48. The first kappa shape index (κ1) is 18.7. The molecule has 0 aromatic heterocycles. The van der Waals surface area contributed by atoms with Gasteiger partial charge in [-0.25, -0.2) is 4.39 Å². The van der Waals surface area contributed by atoms with Gasteiger partial charge in [0.2, 0.25) is 11.8 Å². The summed E-state index contributed by atoms with van der Waals surface area (Å²) in [6, 6.07) is 12.7. The van der Waals surface area contributed by atoms with Crippen LogP contribution in [0.15, 0.2) is 48.5 Å². The van der Waals surface area contributed by atoms with E-state index in [0.29, 0.717) is 31.0 Å². The van der Waals surface area contributed by atoms with Gasteiger partial charge in [-0.05, 0) is 55.0 Å². The fourth-order valence-electron chi connectivity index (χ4n) is 2.69. The Hall–Kier alpha value is -3.09. The Morgan fingerprint density at radius 2 is 1.63 bits per heavy atom. The summed E-state index contributed by atoms with van der Waals surface area (Å²) < 4.78 is 23.5. The molecular weight excluding hydrogens is 351 g/mol. The number of halogens is 1. The van der Waals surface area contributed by atoms with Crippen molar-refractivity contribution in [2.24, 2.45) is 11.8 Å². The summed E-state index contributed by atoms with van der Waals surface area (Å²) in [4.78, 5) is 24.2. The Labute approximate surface area is 156 Å². The molecule has 2 aromatic rings. The van der Waals surface area contributed by atoms with E-state index in [1.807, 2.05) is 0 Å². The first-order valence-electron chi connectivity index (χ1n) is 8.68. The molecule has 2 atom stereocenters. The van der Waals surface area contributed by atoms with Crippen LogP contribution in [0, 0.1) is 17.7 Å². The minimum absolute atomic E-state index is 0.160. The Kier molecular flexibility index (Phi) is 5.90. The van der Waals surface area contributed by atoms with E-state index in [2.05, 4.69) is 10.6 Å². The lowest BCUT2D eigenvalue weighted by Gasteiger charge is -2.08. The number of nitrogens with one attached hydrogen (secondary N) is 2. The van der Waals surface area contributed by atoms with Crippen molar-refractivity contribution in [2.45, 2.75) is 6.42 Å². The summed E-state index contributed by atoms with van der Waals surface area (Å²) in [5, 5.41) is 5.47. The van der Waals surface area contributed by atoms with E-state index in [0.717, 1.165) is 5.75 Å². The van der Waals surface area contributed by atoms with Crippen molar-refractivity contribution in [3.05, 3.63) is 54.3 Å². The molecule has 142 valence electrons. The molecule has 7 heteroatoms. The fourth-order valence-corrected chi connectivity index (χ4v) is 2.69. The van der Waals surface area contributed by atoms with Crippen molar-refractivity contribution in [3.8, 4) is 11.5 Å². The number of rotatable bonds is 8. The molecule has 1 aliphatic rings. The maximum absolute atomic E-state index is 12.9. The predicted molar refractivity (Wildman–Crippen MR) is 98.1 cm³/mol. The van der Waals surface area contributed by atoms with Crippen LogP contribution in [0.3, 0.4) is 0 Å². The number of hydrogen-bond acceptors (Lipinski definition) is 4. The molecule has 2 aromatic carbocycles. The second-order valence-corrected chi connectivity index (χ2v) is 6.26. The van der Waals surface area contributed by atoms with Gasteiger partial charge in [-0.3, -0.25) is 9.59 Å². The summed E-state index contributed by atoms with van der Waals surface area (Å²) in [6.07, 6.45) is 0.512. The van der Waals surface area contributed by atoms with Gasteiger partial charge in [0, 0.05) is 5.69 Å². The largest absolute Gasteiger partial charge is 0.497 e. The molecule has 1 fully saturated rings. The minimum Gasteiger partial charge on any atom is -0.497 e. The van der Waals surface area contributed by atoms with Gasteiger partial charge in [0.25, 0.3) is 0 Å². The molecule has 6 nitrogen and oxygen atoms in total. The van der Waals surface area contributed by atoms with E-state index in [9.17, 15) is 14.0 Å². The first-order chi connectivity index (χ1) is 13.1. The van der Waals surface area contributed by atoms with Crippen LogP contribution in [-0.2, 0) is 9.59 Å². The Bertz CT molecular complexity index is 793. The summed E-state index contributed by atoms with van der Waals surface area (Å²) in [7, 11) is 1.59. The van der Waals surface area contributed by atoms with E-state index in [1.54, 1.807) is 31.4 Å². The molecule has 27 heavy (non-hydrogen) atoms. The summed E-state index contributed by atoms with van der Waals surface area (Å²) in [5.74, 6) is 0.00345. The van der Waals surface area contributed by atoms with Crippen molar-refractivity contribution in [1.29, 1.82) is 0 Å². The Balaban J connectivity index is 1.35. The normalized spacial score (nSPS) is 17.7. The fraction of sp³-hybridized carbons (Fsp3) is 0.300. The third kappa shape index (κ3) is 5.20. The minimum atomic E-state index is -0.367. The highest BCUT2D eigenvalue weighted by atomic mass is 19.1. The van der Waals surface area contributed by atoms with E-state index in [-0.39, 0.29) is 29.5 Å². The van der Waals surface area contributed by atoms with E-state index in [1.165, 1.54) is 24.3 Å². The van der Waals surface area contributed by atoms with Gasteiger partial charge in [0.15, 0.2) is 0 Å². The average molecular weight is 372 g/mol. The van der Waals surface area contributed by atoms with Crippen molar-refractivity contribution in [3.63, 3.8) is 0 Å². The quantitative estimate of drug-likeness (QED) is 0.699. The third-order valence-electron chi connectivity index (χ3n) is 4.31. The molecular formula is C20H21FN2O4. The molecule has 3 rings (SSSR count). The monoisotopic (exact) mass is 372 g/mol. The lowest BCUT2D eigenvalue weighted by atomic mass is 10.2. The van der Waals surface area contributed by atoms with Gasteiger partial charge in [-0.15, -0.1) is 0 Å². The number of carbonyl (C=O) groups excluding carboxylic acids is 2. The second kappa shape index (κ2) is 8.53. The Morgan fingerprint density at radius 1 is 1.00 bits per heavy atom. The highest BCUT2D eigenvalue weighted by Crippen LogP contribution is 2.39. The third-order valence-corrected chi connectivity index (χ3v) is 4.31. The highest BCUT2D eigenvalue weighted by Gasteiger charge is 2.47. The lowest BCUT2D eigenvalue weighted by Crippen LogP contribution is -2.31. The van der Waals surface area contributed by atoms with Crippen LogP contribution in [0.2, 0.25) is 0 Å². The van der Waals surface area contributed by atoms with Crippen molar-refractivity contribution < 1.29 is 23.5 Å². The van der Waals surface area contributed by atoms with Gasteiger partial charge in [0.05, 0.1) is 25.5 Å². The molecule has 1 aliphatic carbocycles. The van der Waals surface area contributed by atoms with Crippen LogP contribution in [0.1, 0.15) is 6.42 Å². The number of hydrogen-bond donors (Lipinski definition) is 2. The maximum Gasteiger partial charge on any atom is 0.228 e. The number of methoxy groups -OCH3 is 1. The predicted octanol–water partition coefficient (Wildman–Crippen LogP) is 2.60. The SMILES string of the molecule is COc1ccc(OCCNC(=O)C2CC2C(=O)Nc2ccc(F)cc2)cc1. The van der Waals surface area contributed by atoms with E-state index < -0.39 is 0 Å². The zero-order valence-electron chi connectivity index (χ0n) is 14.9. The molecule has 0 spiro atoms. The lowest BCUT2D eigenvalue weighted by molar-refractivity contribution is -0.125. The van der Waals surface area contributed by atoms with Crippen LogP contribution in [0.4, 0.5) is 10.1 Å². The zero-order chi connectivity index (χ0) is 19.2. The van der Waals surface area contributed by atoms with E-state index in [4.69, 9.17) is 9.47 Å². The Morgan fingerprint density at radius 3 is 2.30 bits per heavy atom. The number of ether oxygens (including phenoxy) is 2. The molecule has 0 saturated heterocycles. The standard InChI is InChI=1S/C20H21FN2O4/c1-26-15-6-8-16(9-7-15)27-11-10-22-19(24)17-12-18(17)20(25)23-14-4-2-13(21)3-5-14/h2-9,17-18H,10-12H2,1H3,(H,22,24)(H,23,25). The topological polar surface area (TPSA) is 76.7 Å². The first-order valence-corrected chi connectivity index (χ1v) is 8.68. The van der Waals surface area contributed by atoms with Gasteiger partial charge >= 0.3 is 0 Å². The van der Waals surface area contributed by atoms with Gasteiger partial charge in [0.1, 0.15) is 23.9 Å². The van der Waals surface area contributed by atoms with E-state index >= 15 is 0 Å². The molecule has 2 N–H and O–H groups in total. The molecule has 1 saturated carbocycles. The van der Waals surface area contributed by atoms with Crippen LogP contribution < -0.4 is 20.1 Å². The summed E-state index contributed by atoms with van der Waals surface area (Å²) in [5.41, 5.74) is 0.514. The van der Waals surface area contributed by atoms with Gasteiger partial charge in [-0.2, -0.15) is 0 Å². The molecule has 2 unspecified atom stereocenters. The van der Waals surface area contributed by atoms with Gasteiger partial charge < -0.3 is 20.1 Å². The summed E-state index contributed by atoms with van der Waals surface area (Å²) >= 11 is 0. The van der Waals surface area contributed by atoms with Crippen LogP contribution >= 0.6 is 0 Å². The van der Waals surface area contributed by atoms with Gasteiger partial charge in [-0.1, -0.05) is 0 Å². The second-order valence-electron chi connectivity index (χ2n) is 6.26. The maximum atomic E-state index is 12.9. The summed E-state index contributed by atoms with van der Waals surface area (Å²) in [6.45, 7) is 0.685. The van der Waals surface area contributed by atoms with Crippen LogP contribution in [0.5, 0.6) is 11.5 Å². The molecule has 0 aliphatic heterocycles.